The van der Waals surface area contributed by atoms with Crippen LogP contribution in [0.1, 0.15) is 27.2 Å². The molecule has 2 radical (unpaired) electrons. The van der Waals surface area contributed by atoms with Crippen molar-refractivity contribution in [2.45, 2.75) is 33.5 Å². The fraction of sp³-hybridized carbons (Fsp3) is 0.462. The Bertz CT molecular complexity index is 285. The van der Waals surface area contributed by atoms with Crippen molar-refractivity contribution in [2.75, 3.05) is 5.32 Å². The second-order valence-electron chi connectivity index (χ2n) is 3.92. The predicted molar refractivity (Wildman–Crippen MR) is 70.8 cm³/mol. The molecule has 0 unspecified atom stereocenters. The summed E-state index contributed by atoms with van der Waals surface area (Å²) >= 11 is 0. The second-order valence-corrected chi connectivity index (χ2v) is 3.92. The van der Waals surface area contributed by atoms with Crippen molar-refractivity contribution in [1.82, 2.24) is 0 Å². The molecule has 86 valence electrons. The van der Waals surface area contributed by atoms with Crippen molar-refractivity contribution in [3.63, 3.8) is 0 Å². The molecule has 0 heterocycles. The Hall–Kier alpha value is -1.25. The molecule has 0 aliphatic heterocycles. The molecule has 1 aromatic rings. The molecule has 0 spiro atoms. The van der Waals surface area contributed by atoms with E-state index in [1.807, 2.05) is 51.1 Å². The average molecular weight is 217 g/mol. The summed E-state index contributed by atoms with van der Waals surface area (Å²) < 4.78 is 0. The molecule has 0 aliphatic carbocycles. The summed E-state index contributed by atoms with van der Waals surface area (Å²) in [5.41, 5.74) is 0.869. The average Bonchev–Trinajstić information content (AvgIpc) is 2.18. The van der Waals surface area contributed by atoms with Gasteiger partial charge in [0.05, 0.1) is 7.85 Å². The highest BCUT2D eigenvalue weighted by atomic mass is 16.1. The van der Waals surface area contributed by atoms with E-state index in [1.54, 1.807) is 0 Å². The van der Waals surface area contributed by atoms with Crippen LogP contribution in [0.15, 0.2) is 30.3 Å². The van der Waals surface area contributed by atoms with Crippen molar-refractivity contribution >= 4 is 19.4 Å². The van der Waals surface area contributed by atoms with Crippen LogP contribution in [-0.4, -0.2) is 13.8 Å². The molecule has 1 amide bonds. The molecule has 1 N–H and O–H groups in total. The first-order valence-corrected chi connectivity index (χ1v) is 5.65. The maximum Gasteiger partial charge on any atom is 0.224 e. The number of benzene rings is 1. The number of rotatable bonds is 3. The van der Waals surface area contributed by atoms with E-state index in [-0.39, 0.29) is 5.91 Å². The molecule has 16 heavy (non-hydrogen) atoms. The zero-order valence-electron chi connectivity index (χ0n) is 10.4. The fourth-order valence-corrected chi connectivity index (χ4v) is 1.10. The summed E-state index contributed by atoms with van der Waals surface area (Å²) in [6, 6.07) is 9.52. The van der Waals surface area contributed by atoms with Crippen molar-refractivity contribution in [2.24, 2.45) is 5.92 Å². The third kappa shape index (κ3) is 8.10. The van der Waals surface area contributed by atoms with E-state index >= 15 is 0 Å². The number of nitrogens with one attached hydrogen (secondary N) is 1. The second kappa shape index (κ2) is 9.02. The van der Waals surface area contributed by atoms with Crippen LogP contribution >= 0.6 is 0 Å². The number of carbonyl (C=O) groups excluding carboxylic acids is 1. The number of carbonyl (C=O) groups is 1. The molecule has 0 bridgehead atoms. The van der Waals surface area contributed by atoms with Crippen LogP contribution in [0.3, 0.4) is 0 Å². The summed E-state index contributed by atoms with van der Waals surface area (Å²) in [6.07, 6.45) is 1.33. The van der Waals surface area contributed by atoms with Crippen LogP contribution in [0, 0.1) is 5.92 Å². The Morgan fingerprint density at radius 1 is 1.31 bits per heavy atom. The van der Waals surface area contributed by atoms with Crippen molar-refractivity contribution < 1.29 is 4.79 Å². The Balaban J connectivity index is 0.000000673. The lowest BCUT2D eigenvalue weighted by atomic mass is 10.1. The highest BCUT2D eigenvalue weighted by Gasteiger charge is 2.03. The van der Waals surface area contributed by atoms with Crippen LogP contribution < -0.4 is 5.32 Å². The van der Waals surface area contributed by atoms with E-state index < -0.39 is 0 Å². The van der Waals surface area contributed by atoms with Gasteiger partial charge in [0.2, 0.25) is 5.91 Å². The topological polar surface area (TPSA) is 29.1 Å². The zero-order valence-corrected chi connectivity index (χ0v) is 10.4. The zero-order chi connectivity index (χ0) is 12.4. The third-order valence-electron chi connectivity index (χ3n) is 1.65. The summed E-state index contributed by atoms with van der Waals surface area (Å²) in [7, 11) is 4.85. The minimum Gasteiger partial charge on any atom is -0.326 e. The first kappa shape index (κ1) is 14.8. The molecule has 1 rings (SSSR count). The number of anilines is 1. The van der Waals surface area contributed by atoms with E-state index in [1.165, 1.54) is 0 Å². The summed E-state index contributed by atoms with van der Waals surface area (Å²) in [5, 5.41) is 2.83. The van der Waals surface area contributed by atoms with Crippen LogP contribution in [-0.2, 0) is 4.79 Å². The number of amides is 1. The van der Waals surface area contributed by atoms with Gasteiger partial charge in [0, 0.05) is 12.1 Å². The minimum atomic E-state index is 0.0844. The van der Waals surface area contributed by atoms with Crippen molar-refractivity contribution in [3.8, 4) is 0 Å². The molecule has 0 aromatic heterocycles. The Morgan fingerprint density at radius 3 is 2.25 bits per heavy atom. The van der Waals surface area contributed by atoms with Gasteiger partial charge < -0.3 is 5.32 Å². The molecule has 0 saturated heterocycles. The molecule has 0 fully saturated rings. The lowest BCUT2D eigenvalue weighted by molar-refractivity contribution is -0.116. The van der Waals surface area contributed by atoms with Crippen LogP contribution in [0.2, 0.25) is 6.32 Å². The van der Waals surface area contributed by atoms with Gasteiger partial charge in [-0.05, 0) is 18.1 Å². The van der Waals surface area contributed by atoms with Crippen LogP contribution in [0.4, 0.5) is 5.69 Å². The molecule has 0 aliphatic rings. The fourth-order valence-electron chi connectivity index (χ4n) is 1.10. The smallest absolute Gasteiger partial charge is 0.224 e. The molecule has 2 nitrogen and oxygen atoms in total. The molecule has 1 aromatic carbocycles. The highest BCUT2D eigenvalue weighted by molar-refractivity contribution is 6.08. The summed E-state index contributed by atoms with van der Waals surface area (Å²) in [5.74, 6) is 0.491. The van der Waals surface area contributed by atoms with Gasteiger partial charge in [0.25, 0.3) is 0 Å². The van der Waals surface area contributed by atoms with E-state index in [9.17, 15) is 4.79 Å². The van der Waals surface area contributed by atoms with Gasteiger partial charge in [-0.3, -0.25) is 4.79 Å². The van der Waals surface area contributed by atoms with Gasteiger partial charge in [0.1, 0.15) is 0 Å². The highest BCUT2D eigenvalue weighted by Crippen LogP contribution is 2.07. The van der Waals surface area contributed by atoms with E-state index in [0.29, 0.717) is 12.3 Å². The SMILES string of the molecule is CC(C)CC(=O)Nc1ccccc1.[B]CC. The van der Waals surface area contributed by atoms with Crippen LogP contribution in [0.25, 0.3) is 0 Å². The molecule has 0 saturated carbocycles. The van der Waals surface area contributed by atoms with Gasteiger partial charge in [-0.1, -0.05) is 45.3 Å². The van der Waals surface area contributed by atoms with Gasteiger partial charge in [-0.25, -0.2) is 0 Å². The number of hydrogen-bond donors (Lipinski definition) is 1. The summed E-state index contributed by atoms with van der Waals surface area (Å²) in [6.45, 7) is 5.97. The van der Waals surface area contributed by atoms with E-state index in [4.69, 9.17) is 7.85 Å². The van der Waals surface area contributed by atoms with Gasteiger partial charge >= 0.3 is 0 Å². The molecular formula is C13H20BNO. The maximum absolute atomic E-state index is 11.3. The van der Waals surface area contributed by atoms with E-state index in [2.05, 4.69) is 5.32 Å². The largest absolute Gasteiger partial charge is 0.326 e. The number of para-hydroxylation sites is 1. The Kier molecular flexibility index (Phi) is 8.31. The standard InChI is InChI=1S/C11H15NO.C2H5B/c1-9(2)8-11(13)12-10-6-4-3-5-7-10;1-2-3/h3-7,9H,8H2,1-2H3,(H,12,13);2H2,1H3. The molecule has 0 atom stereocenters. The minimum absolute atomic E-state index is 0.0844. The first-order chi connectivity index (χ1) is 7.60. The van der Waals surface area contributed by atoms with E-state index in [0.717, 1.165) is 12.0 Å². The molecular weight excluding hydrogens is 197 g/mol. The lowest BCUT2D eigenvalue weighted by Gasteiger charge is -2.06. The Labute approximate surface area is 99.9 Å². The Morgan fingerprint density at radius 2 is 1.81 bits per heavy atom. The monoisotopic (exact) mass is 217 g/mol. The van der Waals surface area contributed by atoms with Gasteiger partial charge in [-0.2, -0.15) is 0 Å². The van der Waals surface area contributed by atoms with Crippen molar-refractivity contribution in [1.29, 1.82) is 0 Å². The van der Waals surface area contributed by atoms with Gasteiger partial charge in [0.15, 0.2) is 0 Å². The lowest BCUT2D eigenvalue weighted by Crippen LogP contribution is -2.13. The van der Waals surface area contributed by atoms with Crippen LogP contribution in [0.5, 0.6) is 0 Å². The maximum atomic E-state index is 11.3. The summed E-state index contributed by atoms with van der Waals surface area (Å²) in [4.78, 5) is 11.3. The first-order valence-electron chi connectivity index (χ1n) is 5.65. The predicted octanol–water partition coefficient (Wildman–Crippen LogP) is 3.26. The van der Waals surface area contributed by atoms with Gasteiger partial charge in [-0.15, -0.1) is 0 Å². The molecule has 3 heteroatoms. The quantitative estimate of drug-likeness (QED) is 0.773. The number of hydrogen-bond acceptors (Lipinski definition) is 1. The van der Waals surface area contributed by atoms with Crippen molar-refractivity contribution in [3.05, 3.63) is 30.3 Å². The normalized spacial score (nSPS) is 9.25. The third-order valence-corrected chi connectivity index (χ3v) is 1.65.